The number of hydrogen-bond acceptors (Lipinski definition) is 5. The van der Waals surface area contributed by atoms with E-state index in [0.717, 1.165) is 5.56 Å². The van der Waals surface area contributed by atoms with E-state index in [4.69, 9.17) is 14.0 Å². The molecule has 156 valence electrons. The minimum atomic E-state index is -0.205. The van der Waals surface area contributed by atoms with E-state index in [1.54, 1.807) is 27.0 Å². The highest BCUT2D eigenvalue weighted by atomic mass is 16.5. The predicted octanol–water partition coefficient (Wildman–Crippen LogP) is 4.93. The molecule has 0 atom stereocenters. The van der Waals surface area contributed by atoms with Crippen LogP contribution in [0, 0.1) is 13.8 Å². The number of nitrogens with one attached hydrogen (secondary N) is 1. The van der Waals surface area contributed by atoms with E-state index < -0.39 is 0 Å². The van der Waals surface area contributed by atoms with E-state index in [0.29, 0.717) is 41.7 Å². The lowest BCUT2D eigenvalue weighted by molar-refractivity contribution is 0.0949. The normalized spacial score (nSPS) is 10.5. The number of amides is 1. The van der Waals surface area contributed by atoms with Crippen LogP contribution < -0.4 is 14.8 Å². The van der Waals surface area contributed by atoms with E-state index in [-0.39, 0.29) is 5.91 Å². The van der Waals surface area contributed by atoms with Gasteiger partial charge in [0.15, 0.2) is 11.5 Å². The fourth-order valence-electron chi connectivity index (χ4n) is 2.43. The van der Waals surface area contributed by atoms with E-state index in [9.17, 15) is 4.79 Å². The van der Waals surface area contributed by atoms with Crippen LogP contribution in [-0.2, 0) is 6.54 Å². The summed E-state index contributed by atoms with van der Waals surface area (Å²) in [5.41, 5.74) is 1.98. The van der Waals surface area contributed by atoms with Crippen LogP contribution in [0.4, 0.5) is 0 Å². The van der Waals surface area contributed by atoms with Gasteiger partial charge in [-0.2, -0.15) is 0 Å². The van der Waals surface area contributed by atoms with Crippen molar-refractivity contribution in [3.8, 4) is 11.5 Å². The number of carbonyl (C=O) groups is 1. The van der Waals surface area contributed by atoms with Gasteiger partial charge >= 0.3 is 0 Å². The van der Waals surface area contributed by atoms with Crippen LogP contribution in [0.3, 0.4) is 0 Å². The van der Waals surface area contributed by atoms with Crippen molar-refractivity contribution in [2.75, 3.05) is 13.7 Å². The number of hydrogen-bond donors (Lipinski definition) is 1. The first-order valence-corrected chi connectivity index (χ1v) is 9.39. The molecule has 0 bridgehead atoms. The monoisotopic (exact) mass is 398 g/mol. The number of nitrogens with zero attached hydrogens (tertiary/aromatic N) is 1. The van der Waals surface area contributed by atoms with Crippen molar-refractivity contribution in [2.24, 2.45) is 0 Å². The fourth-order valence-corrected chi connectivity index (χ4v) is 2.43. The van der Waals surface area contributed by atoms with Gasteiger partial charge < -0.3 is 19.3 Å². The van der Waals surface area contributed by atoms with Crippen molar-refractivity contribution >= 4 is 5.91 Å². The number of carbonyl (C=O) groups excluding carboxylic acids is 1. The first-order valence-electron chi connectivity index (χ1n) is 9.39. The first-order chi connectivity index (χ1) is 14.0. The molecule has 0 radical (unpaired) electrons. The lowest BCUT2D eigenvalue weighted by Crippen LogP contribution is -2.23. The highest BCUT2D eigenvalue weighted by Crippen LogP contribution is 2.28. The van der Waals surface area contributed by atoms with E-state index in [1.165, 1.54) is 0 Å². The summed E-state index contributed by atoms with van der Waals surface area (Å²) in [6.45, 7) is 11.8. The van der Waals surface area contributed by atoms with Gasteiger partial charge in [-0.1, -0.05) is 48.2 Å². The summed E-state index contributed by atoms with van der Waals surface area (Å²) in [6, 6.07) is 5.57. The van der Waals surface area contributed by atoms with Gasteiger partial charge in [-0.25, -0.2) is 0 Å². The lowest BCUT2D eigenvalue weighted by atomic mass is 10.1. The predicted molar refractivity (Wildman–Crippen MR) is 115 cm³/mol. The van der Waals surface area contributed by atoms with Crippen molar-refractivity contribution in [1.29, 1.82) is 0 Å². The Balaban J connectivity index is 0.000000516. The highest BCUT2D eigenvalue weighted by Gasteiger charge is 2.17. The summed E-state index contributed by atoms with van der Waals surface area (Å²) in [6.07, 6.45) is 9.51. The Labute approximate surface area is 172 Å². The van der Waals surface area contributed by atoms with Gasteiger partial charge in [-0.05, 0) is 45.4 Å². The Morgan fingerprint density at radius 2 is 2.00 bits per heavy atom. The molecule has 1 N–H and O–H groups in total. The Morgan fingerprint density at radius 1 is 1.24 bits per heavy atom. The maximum atomic E-state index is 12.2. The Kier molecular flexibility index (Phi) is 10.6. The van der Waals surface area contributed by atoms with Gasteiger partial charge in [0.2, 0.25) is 0 Å². The fraction of sp³-hybridized carbons (Fsp3) is 0.304. The highest BCUT2D eigenvalue weighted by molar-refractivity contribution is 5.96. The molecule has 1 amide bonds. The Bertz CT molecular complexity index is 831. The average Bonchev–Trinajstić information content (AvgIpc) is 3.06. The number of rotatable bonds is 8. The molecule has 0 fully saturated rings. The third-order valence-corrected chi connectivity index (χ3v) is 3.79. The molecule has 0 unspecified atom stereocenters. The summed E-state index contributed by atoms with van der Waals surface area (Å²) in [5, 5.41) is 6.63. The number of methoxy groups -OCH3 is 1. The van der Waals surface area contributed by atoms with Crippen molar-refractivity contribution in [2.45, 2.75) is 34.2 Å². The van der Waals surface area contributed by atoms with E-state index in [2.05, 4.69) is 17.1 Å². The lowest BCUT2D eigenvalue weighted by Gasteiger charge is -2.11. The summed E-state index contributed by atoms with van der Waals surface area (Å²) < 4.78 is 15.8. The van der Waals surface area contributed by atoms with Gasteiger partial charge in [0.25, 0.3) is 5.91 Å². The maximum absolute atomic E-state index is 12.2. The number of ether oxygens (including phenoxy) is 2. The molecular weight excluding hydrogens is 368 g/mol. The standard InChI is InChI=1S/C16H20N2O4.C7H10/c1-5-21-13-7-6-12(8-14(13)20-4)9-17-16(19)15-10(2)18-22-11(15)3;1-3-5-7-6-4-2/h6-8H,5,9H2,1-4H3,(H,17,19);3-7H,1H2,2H3/b;6-4-,7-5-. The van der Waals surface area contributed by atoms with Gasteiger partial charge in [-0.15, -0.1) is 0 Å². The molecule has 2 rings (SSSR count). The average molecular weight is 399 g/mol. The van der Waals surface area contributed by atoms with Gasteiger partial charge in [0.1, 0.15) is 11.3 Å². The Hall–Kier alpha value is -3.28. The smallest absolute Gasteiger partial charge is 0.257 e. The van der Waals surface area contributed by atoms with Crippen molar-refractivity contribution < 1.29 is 18.8 Å². The zero-order valence-electron chi connectivity index (χ0n) is 17.8. The van der Waals surface area contributed by atoms with Crippen LogP contribution in [0.1, 0.15) is 41.2 Å². The zero-order valence-corrected chi connectivity index (χ0v) is 17.8. The van der Waals surface area contributed by atoms with Crippen LogP contribution in [0.5, 0.6) is 11.5 Å². The quantitative estimate of drug-likeness (QED) is 0.638. The first kappa shape index (κ1) is 23.8. The second kappa shape index (κ2) is 13.0. The summed E-state index contributed by atoms with van der Waals surface area (Å²) >= 11 is 0. The second-order valence-electron chi connectivity index (χ2n) is 5.95. The molecule has 0 aliphatic rings. The molecule has 0 aliphatic heterocycles. The molecular formula is C23H30N2O4. The topological polar surface area (TPSA) is 73.6 Å². The minimum absolute atomic E-state index is 0.205. The molecule has 6 nitrogen and oxygen atoms in total. The molecule has 29 heavy (non-hydrogen) atoms. The van der Waals surface area contributed by atoms with E-state index in [1.807, 2.05) is 56.4 Å². The molecule has 0 spiro atoms. The molecule has 1 heterocycles. The molecule has 0 saturated carbocycles. The maximum Gasteiger partial charge on any atom is 0.257 e. The number of aromatic nitrogens is 1. The molecule has 1 aromatic heterocycles. The van der Waals surface area contributed by atoms with Crippen LogP contribution in [0.25, 0.3) is 0 Å². The van der Waals surface area contributed by atoms with Gasteiger partial charge in [0.05, 0.1) is 19.4 Å². The van der Waals surface area contributed by atoms with E-state index >= 15 is 0 Å². The zero-order chi connectivity index (χ0) is 21.6. The molecule has 0 saturated heterocycles. The van der Waals surface area contributed by atoms with Crippen LogP contribution in [0.2, 0.25) is 0 Å². The largest absolute Gasteiger partial charge is 0.493 e. The molecule has 0 aliphatic carbocycles. The number of allylic oxidation sites excluding steroid dienone is 5. The Morgan fingerprint density at radius 3 is 2.55 bits per heavy atom. The van der Waals surface area contributed by atoms with Crippen molar-refractivity contribution in [3.63, 3.8) is 0 Å². The second-order valence-corrected chi connectivity index (χ2v) is 5.95. The van der Waals surface area contributed by atoms with Crippen molar-refractivity contribution in [3.05, 3.63) is 77.7 Å². The van der Waals surface area contributed by atoms with Gasteiger partial charge in [0, 0.05) is 6.54 Å². The summed E-state index contributed by atoms with van der Waals surface area (Å²) in [4.78, 5) is 12.2. The SMILES string of the molecule is C=C/C=C\C=C/C.CCOc1ccc(CNC(=O)c2c(C)noc2C)cc1OC. The summed E-state index contributed by atoms with van der Waals surface area (Å²) in [7, 11) is 1.59. The number of aryl methyl sites for hydroxylation is 2. The third kappa shape index (κ3) is 7.70. The third-order valence-electron chi connectivity index (χ3n) is 3.79. The number of benzene rings is 1. The van der Waals surface area contributed by atoms with Crippen LogP contribution in [-0.4, -0.2) is 24.8 Å². The van der Waals surface area contributed by atoms with Crippen LogP contribution >= 0.6 is 0 Å². The summed E-state index contributed by atoms with van der Waals surface area (Å²) in [5.74, 6) is 1.64. The molecule has 2 aromatic rings. The molecule has 6 heteroatoms. The van der Waals surface area contributed by atoms with Gasteiger partial charge in [-0.3, -0.25) is 4.79 Å². The van der Waals surface area contributed by atoms with Crippen LogP contribution in [0.15, 0.2) is 59.7 Å². The van der Waals surface area contributed by atoms with Crippen molar-refractivity contribution in [1.82, 2.24) is 10.5 Å². The molecule has 1 aromatic carbocycles. The minimum Gasteiger partial charge on any atom is -0.493 e.